The first-order valence-corrected chi connectivity index (χ1v) is 12.7. The summed E-state index contributed by atoms with van der Waals surface area (Å²) in [6.07, 6.45) is 3.21. The Balaban J connectivity index is 1.76. The van der Waals surface area contributed by atoms with Crippen LogP contribution in [-0.4, -0.2) is 37.5 Å². The van der Waals surface area contributed by atoms with Crippen LogP contribution in [0.2, 0.25) is 0 Å². The first-order chi connectivity index (χ1) is 17.8. The molecule has 3 aromatic rings. The van der Waals surface area contributed by atoms with Crippen LogP contribution in [-0.2, 0) is 9.59 Å². The quantitative estimate of drug-likeness (QED) is 0.163. The number of carbonyl (C=O) groups excluding carboxylic acids is 2. The van der Waals surface area contributed by atoms with Crippen molar-refractivity contribution < 1.29 is 19.4 Å². The second-order valence-electron chi connectivity index (χ2n) is 9.52. The zero-order valence-electron chi connectivity index (χ0n) is 21.9. The molecule has 0 aliphatic carbocycles. The molecule has 1 aliphatic rings. The van der Waals surface area contributed by atoms with Crippen molar-refractivity contribution in [1.82, 2.24) is 0 Å². The van der Waals surface area contributed by atoms with Crippen molar-refractivity contribution >= 4 is 28.8 Å². The van der Waals surface area contributed by atoms with E-state index in [1.165, 1.54) is 4.90 Å². The van der Waals surface area contributed by atoms with Crippen LogP contribution in [0.5, 0.6) is 5.75 Å². The van der Waals surface area contributed by atoms with Gasteiger partial charge in [-0.15, -0.1) is 0 Å². The van der Waals surface area contributed by atoms with Crippen LogP contribution in [0, 0.1) is 6.92 Å². The number of unbranched alkanes of at least 4 members (excludes halogenated alkanes) is 2. The van der Waals surface area contributed by atoms with Gasteiger partial charge < -0.3 is 14.7 Å². The molecule has 0 radical (unpaired) electrons. The third kappa shape index (κ3) is 5.38. The van der Waals surface area contributed by atoms with E-state index in [9.17, 15) is 14.7 Å². The van der Waals surface area contributed by atoms with Gasteiger partial charge in [-0.3, -0.25) is 14.5 Å². The molecule has 192 valence electrons. The Bertz CT molecular complexity index is 1290. The van der Waals surface area contributed by atoms with Gasteiger partial charge in [0.25, 0.3) is 11.7 Å². The number of aryl methyl sites for hydroxylation is 1. The van der Waals surface area contributed by atoms with Crippen LogP contribution in [0.3, 0.4) is 0 Å². The number of ether oxygens (including phenoxy) is 1. The van der Waals surface area contributed by atoms with E-state index in [1.807, 2.05) is 74.4 Å². The molecule has 1 atom stereocenters. The predicted molar refractivity (Wildman–Crippen MR) is 148 cm³/mol. The van der Waals surface area contributed by atoms with E-state index in [0.717, 1.165) is 36.1 Å². The summed E-state index contributed by atoms with van der Waals surface area (Å²) in [5, 5.41) is 11.4. The molecule has 0 bridgehead atoms. The van der Waals surface area contributed by atoms with Crippen LogP contribution in [0.1, 0.15) is 48.9 Å². The zero-order valence-corrected chi connectivity index (χ0v) is 21.9. The minimum absolute atomic E-state index is 0.0765. The van der Waals surface area contributed by atoms with Gasteiger partial charge in [-0.1, -0.05) is 44.0 Å². The second-order valence-corrected chi connectivity index (χ2v) is 9.52. The molecule has 0 spiro atoms. The summed E-state index contributed by atoms with van der Waals surface area (Å²) < 4.78 is 5.78. The number of Topliss-reactive ketones (excluding diaryl/α,β-unsaturated/α-hetero) is 1. The molecule has 37 heavy (non-hydrogen) atoms. The normalized spacial score (nSPS) is 16.8. The third-order valence-electron chi connectivity index (χ3n) is 6.72. The Morgan fingerprint density at radius 1 is 0.946 bits per heavy atom. The van der Waals surface area contributed by atoms with Crippen molar-refractivity contribution in [2.24, 2.45) is 0 Å². The van der Waals surface area contributed by atoms with E-state index in [-0.39, 0.29) is 11.3 Å². The number of hydrogen-bond donors (Lipinski definition) is 1. The van der Waals surface area contributed by atoms with E-state index >= 15 is 0 Å². The highest BCUT2D eigenvalue weighted by molar-refractivity contribution is 6.51. The Kier molecular flexibility index (Phi) is 7.97. The van der Waals surface area contributed by atoms with Crippen LogP contribution in [0.15, 0.2) is 78.4 Å². The minimum Gasteiger partial charge on any atom is -0.507 e. The molecule has 1 saturated heterocycles. The summed E-state index contributed by atoms with van der Waals surface area (Å²) in [6.45, 7) is 4.71. The van der Waals surface area contributed by atoms with Crippen molar-refractivity contribution in [3.63, 3.8) is 0 Å². The highest BCUT2D eigenvalue weighted by Crippen LogP contribution is 2.43. The van der Waals surface area contributed by atoms with Gasteiger partial charge in [-0.05, 0) is 73.0 Å². The summed E-state index contributed by atoms with van der Waals surface area (Å²) >= 11 is 0. The molecule has 6 nitrogen and oxygen atoms in total. The van der Waals surface area contributed by atoms with Crippen LogP contribution in [0.25, 0.3) is 5.76 Å². The number of anilines is 2. The number of carbonyl (C=O) groups is 2. The summed E-state index contributed by atoms with van der Waals surface area (Å²) in [6, 6.07) is 21.3. The number of nitrogens with zero attached hydrogens (tertiary/aromatic N) is 2. The van der Waals surface area contributed by atoms with E-state index < -0.39 is 17.7 Å². The smallest absolute Gasteiger partial charge is 0.300 e. The molecule has 1 N–H and O–H groups in total. The lowest BCUT2D eigenvalue weighted by Gasteiger charge is -2.27. The molecular weight excluding hydrogens is 464 g/mol. The standard InChI is InChI=1S/C31H34N2O4/c1-5-6-9-20-37-25-18-12-22(13-19-25)29(34)27-28(26-11-8-7-10-21(26)2)33(31(36)30(27)35)24-16-14-23(15-17-24)32(3)4/h7-8,10-19,28,34H,5-6,9,20H2,1-4H3/b29-27+. The molecule has 1 amide bonds. The fraction of sp³-hybridized carbons (Fsp3) is 0.290. The monoisotopic (exact) mass is 498 g/mol. The number of aliphatic hydroxyl groups is 1. The van der Waals surface area contributed by atoms with Gasteiger partial charge in [0.1, 0.15) is 11.5 Å². The number of rotatable bonds is 9. The summed E-state index contributed by atoms with van der Waals surface area (Å²) in [7, 11) is 3.88. The van der Waals surface area contributed by atoms with Crippen molar-refractivity contribution in [2.75, 3.05) is 30.5 Å². The van der Waals surface area contributed by atoms with E-state index in [1.54, 1.807) is 24.3 Å². The highest BCUT2D eigenvalue weighted by Gasteiger charge is 2.47. The van der Waals surface area contributed by atoms with Gasteiger partial charge in [0.05, 0.1) is 18.2 Å². The van der Waals surface area contributed by atoms with Gasteiger partial charge >= 0.3 is 0 Å². The lowest BCUT2D eigenvalue weighted by Crippen LogP contribution is -2.29. The van der Waals surface area contributed by atoms with Crippen molar-refractivity contribution in [2.45, 2.75) is 39.2 Å². The lowest BCUT2D eigenvalue weighted by atomic mass is 9.92. The molecule has 6 heteroatoms. The third-order valence-corrected chi connectivity index (χ3v) is 6.72. The largest absolute Gasteiger partial charge is 0.507 e. The molecule has 1 fully saturated rings. The van der Waals surface area contributed by atoms with Crippen LogP contribution >= 0.6 is 0 Å². The SMILES string of the molecule is CCCCCOc1ccc(/C(O)=C2\C(=O)C(=O)N(c3ccc(N(C)C)cc3)C2c2ccccc2C)cc1. The van der Waals surface area contributed by atoms with Gasteiger partial charge in [0.2, 0.25) is 0 Å². The minimum atomic E-state index is -0.753. The molecule has 1 unspecified atom stereocenters. The molecule has 4 rings (SSSR count). The fourth-order valence-corrected chi connectivity index (χ4v) is 4.60. The van der Waals surface area contributed by atoms with Gasteiger partial charge in [0.15, 0.2) is 0 Å². The number of aliphatic hydroxyl groups excluding tert-OH is 1. The molecule has 3 aromatic carbocycles. The number of amides is 1. The second kappa shape index (κ2) is 11.3. The molecular formula is C31H34N2O4. The van der Waals surface area contributed by atoms with Gasteiger partial charge in [-0.25, -0.2) is 0 Å². The fourth-order valence-electron chi connectivity index (χ4n) is 4.60. The number of hydrogen-bond acceptors (Lipinski definition) is 5. The molecule has 1 aliphatic heterocycles. The first-order valence-electron chi connectivity index (χ1n) is 12.7. The first kappa shape index (κ1) is 26.0. The van der Waals surface area contributed by atoms with Crippen molar-refractivity contribution in [3.8, 4) is 5.75 Å². The van der Waals surface area contributed by atoms with Crippen molar-refractivity contribution in [3.05, 3.63) is 95.1 Å². The average Bonchev–Trinajstić information content (AvgIpc) is 3.17. The molecule has 0 saturated carbocycles. The summed E-state index contributed by atoms with van der Waals surface area (Å²) in [4.78, 5) is 30.2. The molecule has 1 heterocycles. The maximum Gasteiger partial charge on any atom is 0.300 e. The van der Waals surface area contributed by atoms with E-state index in [4.69, 9.17) is 4.74 Å². The van der Waals surface area contributed by atoms with Gasteiger partial charge in [-0.2, -0.15) is 0 Å². The highest BCUT2D eigenvalue weighted by atomic mass is 16.5. The van der Waals surface area contributed by atoms with E-state index in [2.05, 4.69) is 6.92 Å². The number of ketones is 1. The summed E-state index contributed by atoms with van der Waals surface area (Å²) in [5.41, 5.74) is 3.82. The maximum absolute atomic E-state index is 13.4. The number of benzene rings is 3. The van der Waals surface area contributed by atoms with Gasteiger partial charge in [0, 0.05) is 31.0 Å². The van der Waals surface area contributed by atoms with Crippen LogP contribution < -0.4 is 14.5 Å². The maximum atomic E-state index is 13.4. The van der Waals surface area contributed by atoms with E-state index in [0.29, 0.717) is 23.6 Å². The lowest BCUT2D eigenvalue weighted by molar-refractivity contribution is -0.132. The summed E-state index contributed by atoms with van der Waals surface area (Å²) in [5.74, 6) is -0.869. The van der Waals surface area contributed by atoms with Crippen molar-refractivity contribution in [1.29, 1.82) is 0 Å². The predicted octanol–water partition coefficient (Wildman–Crippen LogP) is 6.26. The molecule has 0 aromatic heterocycles. The Hall–Kier alpha value is -4.06. The average molecular weight is 499 g/mol. The Morgan fingerprint density at radius 3 is 2.24 bits per heavy atom. The topological polar surface area (TPSA) is 70.1 Å². The zero-order chi connectivity index (χ0) is 26.5. The Labute approximate surface area is 218 Å². The van der Waals surface area contributed by atoms with Crippen LogP contribution in [0.4, 0.5) is 11.4 Å². The Morgan fingerprint density at radius 2 is 1.62 bits per heavy atom.